The highest BCUT2D eigenvalue weighted by atomic mass is 16.5. The van der Waals surface area contributed by atoms with Crippen molar-refractivity contribution in [3.8, 4) is 0 Å². The molecule has 0 saturated heterocycles. The Hall–Kier alpha value is -2.83. The summed E-state index contributed by atoms with van der Waals surface area (Å²) in [6.07, 6.45) is 2.32. The van der Waals surface area contributed by atoms with Gasteiger partial charge in [-0.3, -0.25) is 29.1 Å². The molecule has 0 radical (unpaired) electrons. The van der Waals surface area contributed by atoms with Crippen molar-refractivity contribution in [3.05, 3.63) is 47.3 Å². The number of carbonyl (C=O) groups is 3. The summed E-state index contributed by atoms with van der Waals surface area (Å²) in [5.41, 5.74) is 1.25. The molecule has 1 N–H and O–H groups in total. The van der Waals surface area contributed by atoms with Crippen LogP contribution in [-0.4, -0.2) is 39.0 Å². The van der Waals surface area contributed by atoms with Crippen molar-refractivity contribution in [3.63, 3.8) is 0 Å². The first-order chi connectivity index (χ1) is 11.8. The standard InChI is InChI=1S/C18H21N3O4/c1-18(2,3)17(24)25-11-20-10-12(19-20)8-9-21-15(22)13-6-4-5-7-14(13)16(21)23/h4-7,10,19H,8-9,11H2,1-3H3. The molecule has 1 aliphatic heterocycles. The fourth-order valence-corrected chi connectivity index (χ4v) is 2.58. The van der Waals surface area contributed by atoms with Crippen LogP contribution in [-0.2, 0) is 22.7 Å². The molecule has 1 aromatic carbocycles. The number of nitrogens with one attached hydrogen (secondary N) is 1. The first-order valence-electron chi connectivity index (χ1n) is 8.14. The van der Waals surface area contributed by atoms with Gasteiger partial charge in [0.2, 0.25) is 0 Å². The number of benzene rings is 1. The van der Waals surface area contributed by atoms with Crippen LogP contribution >= 0.6 is 0 Å². The van der Waals surface area contributed by atoms with Crippen molar-refractivity contribution in [2.45, 2.75) is 33.9 Å². The van der Waals surface area contributed by atoms with E-state index in [0.29, 0.717) is 24.1 Å². The van der Waals surface area contributed by atoms with Gasteiger partial charge in [0.05, 0.1) is 22.2 Å². The summed E-state index contributed by atoms with van der Waals surface area (Å²) in [4.78, 5) is 37.5. The second-order valence-corrected chi connectivity index (χ2v) is 7.10. The van der Waals surface area contributed by atoms with Crippen LogP contribution in [0.15, 0.2) is 30.5 Å². The maximum atomic E-state index is 12.3. The number of aromatic nitrogens is 2. The van der Waals surface area contributed by atoms with Crippen LogP contribution in [0.2, 0.25) is 0 Å². The number of aromatic amines is 1. The van der Waals surface area contributed by atoms with Crippen LogP contribution in [0.3, 0.4) is 0 Å². The average molecular weight is 343 g/mol. The summed E-state index contributed by atoms with van der Waals surface area (Å²) >= 11 is 0. The lowest BCUT2D eigenvalue weighted by Gasteiger charge is -2.21. The van der Waals surface area contributed by atoms with Gasteiger partial charge in [-0.25, -0.2) is 0 Å². The van der Waals surface area contributed by atoms with Gasteiger partial charge in [0.1, 0.15) is 0 Å². The molecule has 2 amide bonds. The molecule has 25 heavy (non-hydrogen) atoms. The molecule has 0 atom stereocenters. The van der Waals surface area contributed by atoms with Gasteiger partial charge in [-0.15, -0.1) is 0 Å². The largest absolute Gasteiger partial charge is 0.442 e. The Morgan fingerprint density at radius 1 is 1.12 bits per heavy atom. The summed E-state index contributed by atoms with van der Waals surface area (Å²) in [7, 11) is 0. The summed E-state index contributed by atoms with van der Waals surface area (Å²) in [6, 6.07) is 6.84. The Morgan fingerprint density at radius 2 is 1.68 bits per heavy atom. The summed E-state index contributed by atoms with van der Waals surface area (Å²) in [6.45, 7) is 5.81. The smallest absolute Gasteiger partial charge is 0.313 e. The number of hydrogen-bond acceptors (Lipinski definition) is 4. The van der Waals surface area contributed by atoms with Crippen molar-refractivity contribution in [2.24, 2.45) is 5.41 Å². The second-order valence-electron chi connectivity index (χ2n) is 7.10. The second kappa shape index (κ2) is 6.23. The van der Waals surface area contributed by atoms with Gasteiger partial charge in [-0.1, -0.05) is 12.1 Å². The topological polar surface area (TPSA) is 84.4 Å². The number of H-pyrrole nitrogens is 1. The Labute approximate surface area is 145 Å². The minimum atomic E-state index is -0.539. The number of esters is 1. The van der Waals surface area contributed by atoms with Gasteiger partial charge in [0, 0.05) is 19.2 Å². The SMILES string of the molecule is CC(C)(C)C(=O)OCn1cc(CCN2C(=O)c3ccccc3C2=O)[nH]1. The third-order valence-corrected chi connectivity index (χ3v) is 4.03. The monoisotopic (exact) mass is 343 g/mol. The molecular formula is C18H21N3O4. The third kappa shape index (κ3) is 3.35. The molecular weight excluding hydrogens is 322 g/mol. The van der Waals surface area contributed by atoms with Gasteiger partial charge < -0.3 is 4.74 Å². The van der Waals surface area contributed by atoms with Crippen LogP contribution in [0.1, 0.15) is 47.2 Å². The van der Waals surface area contributed by atoms with E-state index in [0.717, 1.165) is 5.69 Å². The molecule has 0 unspecified atom stereocenters. The zero-order chi connectivity index (χ0) is 18.2. The lowest BCUT2D eigenvalue weighted by molar-refractivity contribution is -0.157. The molecule has 1 aliphatic rings. The van der Waals surface area contributed by atoms with Gasteiger partial charge in [-0.05, 0) is 32.9 Å². The van der Waals surface area contributed by atoms with Crippen molar-refractivity contribution >= 4 is 17.8 Å². The lowest BCUT2D eigenvalue weighted by Crippen LogP contribution is -2.32. The number of hydrogen-bond donors (Lipinski definition) is 1. The number of fused-ring (bicyclic) bond motifs is 1. The Kier molecular flexibility index (Phi) is 4.24. The highest BCUT2D eigenvalue weighted by Crippen LogP contribution is 2.22. The Morgan fingerprint density at radius 3 is 2.20 bits per heavy atom. The molecule has 0 spiro atoms. The molecule has 7 heteroatoms. The quantitative estimate of drug-likeness (QED) is 0.666. The average Bonchev–Trinajstić information content (AvgIpc) is 2.76. The van der Waals surface area contributed by atoms with Crippen LogP contribution < -0.4 is 0 Å². The Balaban J connectivity index is 1.51. The van der Waals surface area contributed by atoms with E-state index in [1.165, 1.54) is 4.90 Å². The van der Waals surface area contributed by atoms with Crippen LogP contribution in [0.4, 0.5) is 0 Å². The fraction of sp³-hybridized carbons (Fsp3) is 0.389. The molecule has 0 bridgehead atoms. The number of amides is 2. The maximum Gasteiger partial charge on any atom is 0.313 e. The van der Waals surface area contributed by atoms with Crippen molar-refractivity contribution in [1.29, 1.82) is 0 Å². The summed E-state index contributed by atoms with van der Waals surface area (Å²) in [5, 5.41) is 3.03. The molecule has 7 nitrogen and oxygen atoms in total. The number of imide groups is 1. The molecule has 3 rings (SSSR count). The number of nitrogens with zero attached hydrogens (tertiary/aromatic N) is 2. The minimum absolute atomic E-state index is 0.118. The van der Waals surface area contributed by atoms with E-state index in [-0.39, 0.29) is 24.5 Å². The molecule has 1 aromatic heterocycles. The third-order valence-electron chi connectivity index (χ3n) is 4.03. The molecule has 0 aliphatic carbocycles. The first-order valence-corrected chi connectivity index (χ1v) is 8.14. The Bertz CT molecular complexity index is 778. The van der Waals surface area contributed by atoms with Crippen LogP contribution in [0.25, 0.3) is 0 Å². The highest BCUT2D eigenvalue weighted by molar-refractivity contribution is 6.21. The molecule has 2 heterocycles. The molecule has 2 aromatic rings. The van der Waals surface area contributed by atoms with E-state index in [1.807, 2.05) is 0 Å². The molecule has 132 valence electrons. The molecule has 0 saturated carbocycles. The van der Waals surface area contributed by atoms with Gasteiger partial charge >= 0.3 is 5.97 Å². The van der Waals surface area contributed by atoms with E-state index < -0.39 is 5.41 Å². The summed E-state index contributed by atoms with van der Waals surface area (Å²) in [5.74, 6) is -0.782. The van der Waals surface area contributed by atoms with E-state index in [9.17, 15) is 14.4 Å². The molecule has 0 fully saturated rings. The van der Waals surface area contributed by atoms with Crippen LogP contribution in [0, 0.1) is 5.41 Å². The van der Waals surface area contributed by atoms with Gasteiger partial charge in [-0.2, -0.15) is 0 Å². The maximum absolute atomic E-state index is 12.3. The predicted octanol–water partition coefficient (Wildman–Crippen LogP) is 2.20. The van der Waals surface area contributed by atoms with Crippen molar-refractivity contribution in [2.75, 3.05) is 6.54 Å². The zero-order valence-corrected chi connectivity index (χ0v) is 14.5. The van der Waals surface area contributed by atoms with Crippen molar-refractivity contribution < 1.29 is 19.1 Å². The summed E-state index contributed by atoms with van der Waals surface area (Å²) < 4.78 is 6.81. The minimum Gasteiger partial charge on any atom is -0.442 e. The number of rotatable bonds is 5. The van der Waals surface area contributed by atoms with Crippen molar-refractivity contribution in [1.82, 2.24) is 14.7 Å². The van der Waals surface area contributed by atoms with E-state index in [4.69, 9.17) is 4.74 Å². The lowest BCUT2D eigenvalue weighted by atomic mass is 9.98. The fourth-order valence-electron chi connectivity index (χ4n) is 2.58. The number of carbonyl (C=O) groups excluding carboxylic acids is 3. The highest BCUT2D eigenvalue weighted by Gasteiger charge is 2.34. The first kappa shape index (κ1) is 17.0. The van der Waals surface area contributed by atoms with E-state index >= 15 is 0 Å². The van der Waals surface area contributed by atoms with E-state index in [2.05, 4.69) is 5.10 Å². The number of ether oxygens (including phenoxy) is 1. The predicted molar refractivity (Wildman–Crippen MR) is 89.8 cm³/mol. The van der Waals surface area contributed by atoms with Gasteiger partial charge in [0.25, 0.3) is 11.8 Å². The van der Waals surface area contributed by atoms with E-state index in [1.54, 1.807) is 55.9 Å². The normalized spacial score (nSPS) is 14.1. The van der Waals surface area contributed by atoms with Crippen LogP contribution in [0.5, 0.6) is 0 Å². The van der Waals surface area contributed by atoms with Gasteiger partial charge in [0.15, 0.2) is 6.73 Å². The zero-order valence-electron chi connectivity index (χ0n) is 14.5.